The SMILES string of the molecule is CCNN1CCCC1. The minimum atomic E-state index is 1.07. The van der Waals surface area contributed by atoms with Gasteiger partial charge in [0.1, 0.15) is 0 Å². The largest absolute Gasteiger partial charge is 0.255 e. The lowest BCUT2D eigenvalue weighted by atomic mass is 10.4. The van der Waals surface area contributed by atoms with Gasteiger partial charge in [-0.3, -0.25) is 5.43 Å². The number of nitrogens with zero attached hydrogens (tertiary/aromatic N) is 1. The van der Waals surface area contributed by atoms with Crippen molar-refractivity contribution in [2.75, 3.05) is 19.6 Å². The molecule has 0 bridgehead atoms. The van der Waals surface area contributed by atoms with E-state index in [2.05, 4.69) is 17.4 Å². The highest BCUT2D eigenvalue weighted by molar-refractivity contribution is 4.60. The van der Waals surface area contributed by atoms with E-state index in [0.717, 1.165) is 6.54 Å². The molecule has 1 N–H and O–H groups in total. The molecule has 0 unspecified atom stereocenters. The van der Waals surface area contributed by atoms with Crippen LogP contribution in [0.5, 0.6) is 0 Å². The summed E-state index contributed by atoms with van der Waals surface area (Å²) in [6.45, 7) is 5.69. The van der Waals surface area contributed by atoms with Crippen LogP contribution < -0.4 is 5.43 Å². The molecule has 1 heterocycles. The third-order valence-electron chi connectivity index (χ3n) is 1.49. The fourth-order valence-electron chi connectivity index (χ4n) is 1.10. The van der Waals surface area contributed by atoms with Crippen molar-refractivity contribution >= 4 is 0 Å². The van der Waals surface area contributed by atoms with Crippen molar-refractivity contribution in [1.82, 2.24) is 10.4 Å². The normalized spacial score (nSPS) is 22.1. The van der Waals surface area contributed by atoms with Gasteiger partial charge in [0.15, 0.2) is 0 Å². The van der Waals surface area contributed by atoms with Crippen LogP contribution in [-0.4, -0.2) is 24.6 Å². The summed E-state index contributed by atoms with van der Waals surface area (Å²) < 4.78 is 0. The van der Waals surface area contributed by atoms with Crippen LogP contribution in [0.25, 0.3) is 0 Å². The Morgan fingerprint density at radius 2 is 2.00 bits per heavy atom. The Kier molecular flexibility index (Phi) is 2.30. The van der Waals surface area contributed by atoms with Crippen molar-refractivity contribution < 1.29 is 0 Å². The van der Waals surface area contributed by atoms with Crippen LogP contribution in [0.1, 0.15) is 19.8 Å². The zero-order chi connectivity index (χ0) is 5.82. The molecule has 0 spiro atoms. The zero-order valence-corrected chi connectivity index (χ0v) is 5.48. The number of hydrogen-bond acceptors (Lipinski definition) is 2. The van der Waals surface area contributed by atoms with Crippen LogP contribution in [0.15, 0.2) is 0 Å². The van der Waals surface area contributed by atoms with E-state index in [4.69, 9.17) is 0 Å². The van der Waals surface area contributed by atoms with Gasteiger partial charge in [-0.1, -0.05) is 6.92 Å². The first-order valence-electron chi connectivity index (χ1n) is 3.42. The van der Waals surface area contributed by atoms with E-state index >= 15 is 0 Å². The molecule has 1 fully saturated rings. The first kappa shape index (κ1) is 6.05. The summed E-state index contributed by atoms with van der Waals surface area (Å²) in [6, 6.07) is 0. The molecular weight excluding hydrogens is 100 g/mol. The summed E-state index contributed by atoms with van der Waals surface area (Å²) in [5, 5.41) is 2.29. The van der Waals surface area contributed by atoms with Gasteiger partial charge in [-0.2, -0.15) is 0 Å². The van der Waals surface area contributed by atoms with Crippen molar-refractivity contribution in [1.29, 1.82) is 0 Å². The fourth-order valence-corrected chi connectivity index (χ4v) is 1.10. The van der Waals surface area contributed by atoms with Gasteiger partial charge in [0.05, 0.1) is 0 Å². The van der Waals surface area contributed by atoms with E-state index in [0.29, 0.717) is 0 Å². The highest BCUT2D eigenvalue weighted by Gasteiger charge is 2.08. The van der Waals surface area contributed by atoms with Crippen molar-refractivity contribution in [3.63, 3.8) is 0 Å². The standard InChI is InChI=1S/C6H14N2/c1-2-7-8-5-3-4-6-8/h7H,2-6H2,1H3. The topological polar surface area (TPSA) is 15.3 Å². The summed E-state index contributed by atoms with van der Waals surface area (Å²) in [7, 11) is 0. The summed E-state index contributed by atoms with van der Waals surface area (Å²) in [5.74, 6) is 0. The quantitative estimate of drug-likeness (QED) is 0.565. The third-order valence-corrected chi connectivity index (χ3v) is 1.49. The number of hydrogen-bond donors (Lipinski definition) is 1. The van der Waals surface area contributed by atoms with Crippen LogP contribution in [-0.2, 0) is 0 Å². The molecule has 48 valence electrons. The lowest BCUT2D eigenvalue weighted by Gasteiger charge is -2.13. The minimum Gasteiger partial charge on any atom is -0.255 e. The third kappa shape index (κ3) is 1.46. The van der Waals surface area contributed by atoms with Crippen LogP contribution >= 0.6 is 0 Å². The predicted octanol–water partition coefficient (Wildman–Crippen LogP) is 0.607. The second kappa shape index (κ2) is 3.05. The van der Waals surface area contributed by atoms with Gasteiger partial charge >= 0.3 is 0 Å². The van der Waals surface area contributed by atoms with Gasteiger partial charge < -0.3 is 0 Å². The molecule has 0 radical (unpaired) electrons. The Morgan fingerprint density at radius 1 is 1.38 bits per heavy atom. The molecule has 1 aliphatic rings. The van der Waals surface area contributed by atoms with Gasteiger partial charge in [0.2, 0.25) is 0 Å². The Balaban J connectivity index is 2.06. The monoisotopic (exact) mass is 114 g/mol. The molecular formula is C6H14N2. The van der Waals surface area contributed by atoms with Crippen molar-refractivity contribution in [3.8, 4) is 0 Å². The molecule has 1 rings (SSSR count). The minimum absolute atomic E-state index is 1.07. The molecule has 8 heavy (non-hydrogen) atoms. The Bertz CT molecular complexity index is 57.5. The van der Waals surface area contributed by atoms with E-state index in [1.165, 1.54) is 25.9 Å². The molecule has 0 aromatic carbocycles. The van der Waals surface area contributed by atoms with Crippen LogP contribution in [0.4, 0.5) is 0 Å². The molecule has 0 aliphatic carbocycles. The van der Waals surface area contributed by atoms with Crippen LogP contribution in [0.2, 0.25) is 0 Å². The highest BCUT2D eigenvalue weighted by atomic mass is 15.5. The fraction of sp³-hybridized carbons (Fsp3) is 1.00. The van der Waals surface area contributed by atoms with Crippen molar-refractivity contribution in [2.24, 2.45) is 0 Å². The van der Waals surface area contributed by atoms with E-state index < -0.39 is 0 Å². The average Bonchev–Trinajstić information content (AvgIpc) is 2.19. The first-order chi connectivity index (χ1) is 3.93. The molecule has 0 amide bonds. The second-order valence-electron chi connectivity index (χ2n) is 2.21. The van der Waals surface area contributed by atoms with E-state index in [9.17, 15) is 0 Å². The van der Waals surface area contributed by atoms with Crippen LogP contribution in [0.3, 0.4) is 0 Å². The van der Waals surface area contributed by atoms with Gasteiger partial charge in [-0.25, -0.2) is 5.01 Å². The van der Waals surface area contributed by atoms with E-state index in [1.807, 2.05) is 0 Å². The van der Waals surface area contributed by atoms with E-state index in [1.54, 1.807) is 0 Å². The zero-order valence-electron chi connectivity index (χ0n) is 5.48. The second-order valence-corrected chi connectivity index (χ2v) is 2.21. The highest BCUT2D eigenvalue weighted by Crippen LogP contribution is 2.02. The molecule has 2 nitrogen and oxygen atoms in total. The molecule has 1 aliphatic heterocycles. The first-order valence-corrected chi connectivity index (χ1v) is 3.42. The maximum absolute atomic E-state index is 3.28. The van der Waals surface area contributed by atoms with Gasteiger partial charge in [-0.15, -0.1) is 0 Å². The lowest BCUT2D eigenvalue weighted by molar-refractivity contribution is 0.242. The van der Waals surface area contributed by atoms with Crippen molar-refractivity contribution in [2.45, 2.75) is 19.8 Å². The van der Waals surface area contributed by atoms with Gasteiger partial charge in [-0.05, 0) is 12.8 Å². The Labute approximate surface area is 50.8 Å². The number of rotatable bonds is 2. The molecule has 2 heteroatoms. The predicted molar refractivity (Wildman–Crippen MR) is 34.5 cm³/mol. The summed E-state index contributed by atoms with van der Waals surface area (Å²) in [5.41, 5.74) is 3.28. The molecule has 0 atom stereocenters. The number of hydrazine groups is 1. The van der Waals surface area contributed by atoms with Crippen molar-refractivity contribution in [3.05, 3.63) is 0 Å². The summed E-state index contributed by atoms with van der Waals surface area (Å²) in [6.07, 6.45) is 2.74. The van der Waals surface area contributed by atoms with Gasteiger partial charge in [0, 0.05) is 19.6 Å². The summed E-state index contributed by atoms with van der Waals surface area (Å²) >= 11 is 0. The van der Waals surface area contributed by atoms with Crippen LogP contribution in [0, 0.1) is 0 Å². The van der Waals surface area contributed by atoms with Gasteiger partial charge in [0.25, 0.3) is 0 Å². The number of nitrogens with one attached hydrogen (secondary N) is 1. The Hall–Kier alpha value is -0.0800. The Morgan fingerprint density at radius 3 is 2.50 bits per heavy atom. The average molecular weight is 114 g/mol. The molecule has 0 saturated carbocycles. The maximum Gasteiger partial charge on any atom is 0.0131 e. The molecule has 1 saturated heterocycles. The molecule has 0 aromatic rings. The smallest absolute Gasteiger partial charge is 0.0131 e. The maximum atomic E-state index is 3.28. The summed E-state index contributed by atoms with van der Waals surface area (Å²) in [4.78, 5) is 0. The van der Waals surface area contributed by atoms with E-state index in [-0.39, 0.29) is 0 Å². The molecule has 0 aromatic heterocycles. The lowest BCUT2D eigenvalue weighted by Crippen LogP contribution is -2.34.